The van der Waals surface area contributed by atoms with Gasteiger partial charge in [0.05, 0.1) is 17.7 Å². The van der Waals surface area contributed by atoms with Crippen molar-refractivity contribution in [3.05, 3.63) is 60.3 Å². The third kappa shape index (κ3) is 5.71. The van der Waals surface area contributed by atoms with Crippen LogP contribution in [0.4, 0.5) is 27.9 Å². The molecule has 1 aromatic heterocycles. The molecule has 0 radical (unpaired) electrons. The number of hydrogen-bond acceptors (Lipinski definition) is 8. The van der Waals surface area contributed by atoms with Gasteiger partial charge in [0, 0.05) is 37.1 Å². The smallest absolute Gasteiger partial charge is 0.319 e. The molecule has 0 aliphatic carbocycles. The van der Waals surface area contributed by atoms with E-state index in [1.165, 1.54) is 19.2 Å². The van der Waals surface area contributed by atoms with Gasteiger partial charge in [-0.05, 0) is 36.8 Å². The number of para-hydroxylation sites is 2. The second kappa shape index (κ2) is 10.4. The van der Waals surface area contributed by atoms with Crippen LogP contribution in [0.5, 0.6) is 5.75 Å². The summed E-state index contributed by atoms with van der Waals surface area (Å²) >= 11 is 0. The summed E-state index contributed by atoms with van der Waals surface area (Å²) < 4.78 is 32.8. The second-order valence-corrected chi connectivity index (χ2v) is 9.17. The molecule has 1 aliphatic rings. The third-order valence-corrected chi connectivity index (χ3v) is 6.46. The minimum Gasteiger partial charge on any atom is -0.495 e. The molecule has 1 aliphatic heterocycles. The van der Waals surface area contributed by atoms with Gasteiger partial charge in [-0.3, -0.25) is 0 Å². The number of methoxy groups -OCH3 is 1. The number of nitrogens with zero attached hydrogens (tertiary/aromatic N) is 2. The van der Waals surface area contributed by atoms with Crippen LogP contribution in [0.15, 0.2) is 59.6 Å². The van der Waals surface area contributed by atoms with Gasteiger partial charge in [-0.1, -0.05) is 18.2 Å². The van der Waals surface area contributed by atoms with Crippen LogP contribution in [-0.2, 0) is 16.6 Å². The lowest BCUT2D eigenvalue weighted by Crippen LogP contribution is -2.29. The van der Waals surface area contributed by atoms with Gasteiger partial charge in [-0.25, -0.2) is 22.9 Å². The fraction of sp³-hybridized carbons (Fsp3) is 0.227. The summed E-state index contributed by atoms with van der Waals surface area (Å²) in [5.41, 5.74) is 1.76. The molecule has 34 heavy (non-hydrogen) atoms. The Morgan fingerprint density at radius 1 is 1.15 bits per heavy atom. The molecule has 0 atom stereocenters. The number of ether oxygens (including phenoxy) is 1. The number of urea groups is 1. The number of aromatic nitrogens is 2. The summed E-state index contributed by atoms with van der Waals surface area (Å²) in [4.78, 5) is 21.4. The summed E-state index contributed by atoms with van der Waals surface area (Å²) in [6, 6.07) is 13.1. The van der Waals surface area contributed by atoms with Crippen molar-refractivity contribution in [3.63, 3.8) is 0 Å². The van der Waals surface area contributed by atoms with Crippen molar-refractivity contribution in [2.24, 2.45) is 0 Å². The highest BCUT2D eigenvalue weighted by Crippen LogP contribution is 2.23. The quantitative estimate of drug-likeness (QED) is 0.381. The molecule has 0 saturated carbocycles. The number of carbonyl (C=O) groups excluding carboxylic acids is 1. The molecule has 12 heteroatoms. The molecular weight excluding hydrogens is 458 g/mol. The molecule has 4 bridgehead atoms. The highest BCUT2D eigenvalue weighted by molar-refractivity contribution is 7.89. The SMILES string of the molecule is COc1ccccc1NC(=O)NCc1cnc2nc1NCCCNS(=O)(=O)c1cccc(c1)N2. The van der Waals surface area contributed by atoms with Crippen molar-refractivity contribution in [1.82, 2.24) is 20.0 Å². The van der Waals surface area contributed by atoms with E-state index < -0.39 is 16.1 Å². The highest BCUT2D eigenvalue weighted by Gasteiger charge is 2.16. The van der Waals surface area contributed by atoms with Crippen LogP contribution in [0, 0.1) is 0 Å². The minimum absolute atomic E-state index is 0.159. The van der Waals surface area contributed by atoms with E-state index in [0.29, 0.717) is 47.4 Å². The van der Waals surface area contributed by atoms with Crippen molar-refractivity contribution in [1.29, 1.82) is 0 Å². The van der Waals surface area contributed by atoms with Crippen molar-refractivity contribution in [2.75, 3.05) is 36.1 Å². The Morgan fingerprint density at radius 2 is 2.00 bits per heavy atom. The predicted molar refractivity (Wildman–Crippen MR) is 129 cm³/mol. The van der Waals surface area contributed by atoms with E-state index in [0.717, 1.165) is 0 Å². The monoisotopic (exact) mass is 483 g/mol. The van der Waals surface area contributed by atoms with E-state index in [1.54, 1.807) is 36.5 Å². The number of nitrogens with one attached hydrogen (secondary N) is 5. The van der Waals surface area contributed by atoms with Crippen LogP contribution in [0.3, 0.4) is 0 Å². The highest BCUT2D eigenvalue weighted by atomic mass is 32.2. The summed E-state index contributed by atoms with van der Waals surface area (Å²) in [6.45, 7) is 0.905. The summed E-state index contributed by atoms with van der Waals surface area (Å²) in [7, 11) is -2.08. The lowest BCUT2D eigenvalue weighted by molar-refractivity contribution is 0.251. The zero-order valence-electron chi connectivity index (χ0n) is 18.5. The Labute approximate surface area is 197 Å². The molecule has 2 aromatic carbocycles. The molecule has 5 N–H and O–H groups in total. The molecule has 0 saturated heterocycles. The molecule has 0 fully saturated rings. The molecule has 3 aromatic rings. The van der Waals surface area contributed by atoms with E-state index in [9.17, 15) is 13.2 Å². The molecule has 0 unspecified atom stereocenters. The van der Waals surface area contributed by atoms with Gasteiger partial charge in [0.15, 0.2) is 0 Å². The second-order valence-electron chi connectivity index (χ2n) is 7.41. The van der Waals surface area contributed by atoms with Gasteiger partial charge in [0.2, 0.25) is 16.0 Å². The maximum atomic E-state index is 12.5. The average Bonchev–Trinajstić information content (AvgIpc) is 2.83. The lowest BCUT2D eigenvalue weighted by atomic mass is 10.3. The van der Waals surface area contributed by atoms with Gasteiger partial charge in [-0.2, -0.15) is 4.98 Å². The van der Waals surface area contributed by atoms with Gasteiger partial charge >= 0.3 is 6.03 Å². The zero-order valence-corrected chi connectivity index (χ0v) is 19.3. The van der Waals surface area contributed by atoms with E-state index in [4.69, 9.17) is 4.74 Å². The Balaban J connectivity index is 1.50. The fourth-order valence-corrected chi connectivity index (χ4v) is 4.41. The van der Waals surface area contributed by atoms with E-state index in [2.05, 4.69) is 36.0 Å². The predicted octanol–water partition coefficient (Wildman–Crippen LogP) is 2.64. The maximum Gasteiger partial charge on any atom is 0.319 e. The first-order valence-electron chi connectivity index (χ1n) is 10.6. The van der Waals surface area contributed by atoms with Crippen LogP contribution >= 0.6 is 0 Å². The number of benzene rings is 2. The Hall–Kier alpha value is -3.90. The van der Waals surface area contributed by atoms with Crippen LogP contribution in [0.25, 0.3) is 0 Å². The number of hydrogen-bond donors (Lipinski definition) is 5. The largest absolute Gasteiger partial charge is 0.495 e. The van der Waals surface area contributed by atoms with Crippen molar-refractivity contribution in [2.45, 2.75) is 17.9 Å². The van der Waals surface area contributed by atoms with Gasteiger partial charge in [-0.15, -0.1) is 0 Å². The first-order valence-corrected chi connectivity index (χ1v) is 12.1. The fourth-order valence-electron chi connectivity index (χ4n) is 3.29. The lowest BCUT2D eigenvalue weighted by Gasteiger charge is -2.14. The standard InChI is InChI=1S/C22H25N7O4S/c1-33-19-9-3-2-8-18(19)28-22(30)25-14-15-13-24-21-27-16-6-4-7-17(12-16)34(31,32)26-11-5-10-23-20(15)29-21/h2-4,6-9,12-13,26H,5,10-11,14H2,1H3,(H2,25,28,30)(H2,23,24,27,29). The van der Waals surface area contributed by atoms with Crippen LogP contribution in [0.2, 0.25) is 0 Å². The number of rotatable bonds is 4. The molecule has 2 heterocycles. The van der Waals surface area contributed by atoms with E-state index in [-0.39, 0.29) is 18.0 Å². The van der Waals surface area contributed by atoms with E-state index >= 15 is 0 Å². The van der Waals surface area contributed by atoms with Gasteiger partial charge < -0.3 is 26.0 Å². The number of amides is 2. The first kappa shape index (κ1) is 23.3. The number of carbonyl (C=O) groups is 1. The van der Waals surface area contributed by atoms with Gasteiger partial charge in [0.1, 0.15) is 11.6 Å². The van der Waals surface area contributed by atoms with Crippen molar-refractivity contribution in [3.8, 4) is 5.75 Å². The summed E-state index contributed by atoms with van der Waals surface area (Å²) in [5.74, 6) is 1.38. The Kier molecular flexibility index (Phi) is 7.09. The number of fused-ring (bicyclic) bond motifs is 4. The number of anilines is 4. The maximum absolute atomic E-state index is 12.5. The average molecular weight is 484 g/mol. The Morgan fingerprint density at radius 3 is 2.85 bits per heavy atom. The molecular formula is C22H25N7O4S. The van der Waals surface area contributed by atoms with Crippen molar-refractivity contribution < 1.29 is 17.9 Å². The van der Waals surface area contributed by atoms with Crippen LogP contribution < -0.4 is 30.7 Å². The molecule has 2 amide bonds. The van der Waals surface area contributed by atoms with Crippen LogP contribution in [0.1, 0.15) is 12.0 Å². The zero-order chi connectivity index (χ0) is 24.0. The van der Waals surface area contributed by atoms with Gasteiger partial charge in [0.25, 0.3) is 0 Å². The van der Waals surface area contributed by atoms with Crippen molar-refractivity contribution >= 4 is 39.2 Å². The topological polar surface area (TPSA) is 146 Å². The van der Waals surface area contributed by atoms with E-state index in [1.807, 2.05) is 6.07 Å². The Bertz CT molecular complexity index is 1280. The molecule has 11 nitrogen and oxygen atoms in total. The summed E-state index contributed by atoms with van der Waals surface area (Å²) in [6.07, 6.45) is 2.15. The minimum atomic E-state index is -3.61. The number of sulfonamides is 1. The van der Waals surface area contributed by atoms with Crippen LogP contribution in [-0.4, -0.2) is 44.6 Å². The normalized spacial score (nSPS) is 14.7. The summed E-state index contributed by atoms with van der Waals surface area (Å²) in [5, 5.41) is 11.8. The first-order chi connectivity index (χ1) is 16.4. The molecule has 0 spiro atoms. The molecule has 178 valence electrons. The molecule has 4 rings (SSSR count). The third-order valence-electron chi connectivity index (χ3n) is 5.00.